The number of hydrogen-bond acceptors (Lipinski definition) is 8. The lowest BCUT2D eigenvalue weighted by molar-refractivity contribution is -0.136. The SMILES string of the molecule is CCOC(=O)c1ccc(N2C(=O)/C(=C/c3ccc(CNC(=O)C(=O)Nc4cccc(Cl)c4)o3)C(C(=O)OC)=C2C)cc1. The normalized spacial score (nSPS) is 13.8. The van der Waals surface area contributed by atoms with Gasteiger partial charge in [-0.2, -0.15) is 0 Å². The zero-order valence-corrected chi connectivity index (χ0v) is 23.6. The Labute approximate surface area is 245 Å². The van der Waals surface area contributed by atoms with Crippen molar-refractivity contribution in [2.45, 2.75) is 20.4 Å². The number of carbonyl (C=O) groups excluding carboxylic acids is 5. The van der Waals surface area contributed by atoms with E-state index in [1.807, 2.05) is 0 Å². The van der Waals surface area contributed by atoms with Crippen LogP contribution in [0.25, 0.3) is 6.08 Å². The fraction of sp³-hybridized carbons (Fsp3) is 0.167. The van der Waals surface area contributed by atoms with E-state index >= 15 is 0 Å². The van der Waals surface area contributed by atoms with E-state index in [9.17, 15) is 24.0 Å². The van der Waals surface area contributed by atoms with E-state index in [1.165, 1.54) is 36.3 Å². The fourth-order valence-electron chi connectivity index (χ4n) is 4.16. The van der Waals surface area contributed by atoms with Crippen LogP contribution in [0.2, 0.25) is 5.02 Å². The average Bonchev–Trinajstić information content (AvgIpc) is 3.52. The number of carbonyl (C=O) groups is 5. The third-order valence-corrected chi connectivity index (χ3v) is 6.34. The summed E-state index contributed by atoms with van der Waals surface area (Å²) < 4.78 is 15.6. The van der Waals surface area contributed by atoms with Crippen LogP contribution in [-0.2, 0) is 35.2 Å². The monoisotopic (exact) mass is 591 g/mol. The second-order valence-corrected chi connectivity index (χ2v) is 9.31. The smallest absolute Gasteiger partial charge is 0.340 e. The van der Waals surface area contributed by atoms with Gasteiger partial charge in [0.1, 0.15) is 11.5 Å². The van der Waals surface area contributed by atoms with Crippen LogP contribution in [-0.4, -0.2) is 43.4 Å². The molecule has 3 aromatic rings. The van der Waals surface area contributed by atoms with Gasteiger partial charge in [0, 0.05) is 22.1 Å². The van der Waals surface area contributed by atoms with Gasteiger partial charge in [0.25, 0.3) is 5.91 Å². The molecule has 42 heavy (non-hydrogen) atoms. The van der Waals surface area contributed by atoms with Gasteiger partial charge in [0.05, 0.1) is 37.0 Å². The van der Waals surface area contributed by atoms with Crippen LogP contribution in [0.3, 0.4) is 0 Å². The first kappa shape index (κ1) is 29.8. The van der Waals surface area contributed by atoms with Crippen LogP contribution in [0, 0.1) is 0 Å². The minimum atomic E-state index is -0.895. The Morgan fingerprint density at radius 1 is 1.00 bits per heavy atom. The second-order valence-electron chi connectivity index (χ2n) is 8.87. The van der Waals surface area contributed by atoms with Crippen molar-refractivity contribution in [1.29, 1.82) is 0 Å². The number of rotatable bonds is 8. The number of allylic oxidation sites excluding steroid dienone is 1. The summed E-state index contributed by atoms with van der Waals surface area (Å²) in [5.41, 5.74) is 1.50. The fourth-order valence-corrected chi connectivity index (χ4v) is 4.35. The lowest BCUT2D eigenvalue weighted by Crippen LogP contribution is -2.34. The molecule has 0 spiro atoms. The summed E-state index contributed by atoms with van der Waals surface area (Å²) in [6.45, 7) is 3.41. The van der Waals surface area contributed by atoms with Gasteiger partial charge in [-0.3, -0.25) is 19.3 Å². The molecular formula is C30H26ClN3O8. The van der Waals surface area contributed by atoms with Crippen molar-refractivity contribution in [1.82, 2.24) is 5.32 Å². The number of hydrogen-bond donors (Lipinski definition) is 2. The molecule has 3 amide bonds. The molecule has 0 aliphatic carbocycles. The Balaban J connectivity index is 1.49. The second kappa shape index (κ2) is 13.0. The summed E-state index contributed by atoms with van der Waals surface area (Å²) in [6, 6.07) is 15.7. The van der Waals surface area contributed by atoms with Gasteiger partial charge in [0.15, 0.2) is 0 Å². The highest BCUT2D eigenvalue weighted by atomic mass is 35.5. The number of halogens is 1. The number of ether oxygens (including phenoxy) is 2. The molecule has 1 aliphatic rings. The largest absolute Gasteiger partial charge is 0.465 e. The molecule has 0 fully saturated rings. The van der Waals surface area contributed by atoms with Crippen LogP contribution in [0.5, 0.6) is 0 Å². The molecule has 2 aromatic carbocycles. The minimum Gasteiger partial charge on any atom is -0.465 e. The van der Waals surface area contributed by atoms with Crippen LogP contribution in [0.15, 0.2) is 81.9 Å². The Morgan fingerprint density at radius 3 is 2.40 bits per heavy atom. The molecule has 216 valence electrons. The third-order valence-electron chi connectivity index (χ3n) is 6.11. The molecule has 0 saturated heterocycles. The summed E-state index contributed by atoms with van der Waals surface area (Å²) in [5, 5.41) is 5.30. The van der Waals surface area contributed by atoms with E-state index in [4.69, 9.17) is 25.5 Å². The van der Waals surface area contributed by atoms with E-state index in [2.05, 4.69) is 10.6 Å². The first-order valence-electron chi connectivity index (χ1n) is 12.7. The quantitative estimate of drug-likeness (QED) is 0.225. The van der Waals surface area contributed by atoms with Crippen molar-refractivity contribution in [3.8, 4) is 0 Å². The van der Waals surface area contributed by atoms with Crippen molar-refractivity contribution in [3.05, 3.63) is 99.6 Å². The predicted octanol–water partition coefficient (Wildman–Crippen LogP) is 4.24. The molecule has 0 unspecified atom stereocenters. The molecule has 1 aliphatic heterocycles. The lowest BCUT2D eigenvalue weighted by Gasteiger charge is -2.18. The molecular weight excluding hydrogens is 566 g/mol. The maximum absolute atomic E-state index is 13.5. The number of amides is 3. The van der Waals surface area contributed by atoms with Gasteiger partial charge in [-0.05, 0) is 74.5 Å². The molecule has 0 saturated carbocycles. The molecule has 2 N–H and O–H groups in total. The topological polar surface area (TPSA) is 144 Å². The van der Waals surface area contributed by atoms with Crippen molar-refractivity contribution in [2.24, 2.45) is 0 Å². The van der Waals surface area contributed by atoms with Gasteiger partial charge in [-0.15, -0.1) is 0 Å². The number of furan rings is 1. The Kier molecular flexibility index (Phi) is 9.23. The van der Waals surface area contributed by atoms with Gasteiger partial charge in [0.2, 0.25) is 0 Å². The maximum atomic E-state index is 13.5. The first-order chi connectivity index (χ1) is 20.1. The van der Waals surface area contributed by atoms with Crippen LogP contribution >= 0.6 is 11.6 Å². The van der Waals surface area contributed by atoms with Gasteiger partial charge in [-0.25, -0.2) is 9.59 Å². The lowest BCUT2D eigenvalue weighted by atomic mass is 10.1. The van der Waals surface area contributed by atoms with E-state index < -0.39 is 29.7 Å². The van der Waals surface area contributed by atoms with Crippen molar-refractivity contribution >= 4 is 58.7 Å². The number of benzene rings is 2. The van der Waals surface area contributed by atoms with Crippen molar-refractivity contribution in [3.63, 3.8) is 0 Å². The van der Waals surface area contributed by atoms with E-state index in [1.54, 1.807) is 56.3 Å². The Bertz CT molecular complexity index is 1620. The van der Waals surface area contributed by atoms with Crippen molar-refractivity contribution < 1.29 is 37.9 Å². The molecule has 0 atom stereocenters. The highest BCUT2D eigenvalue weighted by Gasteiger charge is 2.38. The highest BCUT2D eigenvalue weighted by molar-refractivity contribution is 6.39. The summed E-state index contributed by atoms with van der Waals surface area (Å²) in [6.07, 6.45) is 1.39. The summed E-state index contributed by atoms with van der Waals surface area (Å²) in [4.78, 5) is 63.9. The molecule has 0 bridgehead atoms. The first-order valence-corrected chi connectivity index (χ1v) is 13.1. The number of nitrogens with one attached hydrogen (secondary N) is 2. The number of nitrogens with zero attached hydrogens (tertiary/aromatic N) is 1. The molecule has 12 heteroatoms. The summed E-state index contributed by atoms with van der Waals surface area (Å²) in [7, 11) is 1.21. The number of anilines is 2. The Hall–Kier alpha value is -5.16. The van der Waals surface area contributed by atoms with E-state index in [0.29, 0.717) is 33.4 Å². The molecule has 0 radical (unpaired) electrons. The third kappa shape index (κ3) is 6.58. The summed E-state index contributed by atoms with van der Waals surface area (Å²) in [5.74, 6) is -2.99. The van der Waals surface area contributed by atoms with E-state index in [-0.39, 0.29) is 30.1 Å². The minimum absolute atomic E-state index is 0.0275. The number of esters is 2. The molecule has 11 nitrogen and oxygen atoms in total. The zero-order valence-electron chi connectivity index (χ0n) is 22.9. The maximum Gasteiger partial charge on any atom is 0.340 e. The predicted molar refractivity (Wildman–Crippen MR) is 153 cm³/mol. The Morgan fingerprint density at radius 2 is 1.74 bits per heavy atom. The van der Waals surface area contributed by atoms with E-state index in [0.717, 1.165) is 0 Å². The van der Waals surface area contributed by atoms with Gasteiger partial charge >= 0.3 is 23.8 Å². The average molecular weight is 592 g/mol. The number of methoxy groups -OCH3 is 1. The zero-order chi connectivity index (χ0) is 30.4. The molecule has 2 heterocycles. The standard InChI is InChI=1S/C30H26ClN3O8/c1-4-41-29(38)18-8-10-21(11-9-18)34-17(2)25(30(39)40-3)24(28(34)37)15-22-12-13-23(42-22)16-32-26(35)27(36)33-20-7-5-6-19(31)14-20/h5-15H,4,16H2,1-3H3,(H,32,35)(H,33,36)/b24-15+. The van der Waals surface area contributed by atoms with Crippen LogP contribution in [0.4, 0.5) is 11.4 Å². The van der Waals surface area contributed by atoms with Crippen molar-refractivity contribution in [2.75, 3.05) is 23.9 Å². The highest BCUT2D eigenvalue weighted by Crippen LogP contribution is 2.35. The molecule has 1 aromatic heterocycles. The van der Waals surface area contributed by atoms with Gasteiger partial charge < -0.3 is 24.5 Å². The van der Waals surface area contributed by atoms with Crippen LogP contribution in [0.1, 0.15) is 35.7 Å². The van der Waals surface area contributed by atoms with Gasteiger partial charge in [-0.1, -0.05) is 17.7 Å². The summed E-state index contributed by atoms with van der Waals surface area (Å²) >= 11 is 5.89. The van der Waals surface area contributed by atoms with Crippen LogP contribution < -0.4 is 15.5 Å². The molecule has 4 rings (SSSR count).